The van der Waals surface area contributed by atoms with Gasteiger partial charge < -0.3 is 19.2 Å². The van der Waals surface area contributed by atoms with Crippen molar-refractivity contribution in [1.82, 2.24) is 9.66 Å². The van der Waals surface area contributed by atoms with Crippen LogP contribution >= 0.6 is 27.5 Å². The molecule has 1 amide bonds. The van der Waals surface area contributed by atoms with Crippen LogP contribution in [0, 0.1) is 5.82 Å². The Bertz CT molecular complexity index is 2100. The fourth-order valence-corrected chi connectivity index (χ4v) is 5.11. The molecule has 6 rings (SSSR count). The van der Waals surface area contributed by atoms with Gasteiger partial charge in [0.1, 0.15) is 16.4 Å². The van der Waals surface area contributed by atoms with Crippen molar-refractivity contribution in [2.24, 2.45) is 5.10 Å². The highest BCUT2D eigenvalue weighted by Crippen LogP contribution is 2.42. The fourth-order valence-electron chi connectivity index (χ4n) is 4.46. The van der Waals surface area contributed by atoms with Gasteiger partial charge in [0.15, 0.2) is 23.9 Å². The van der Waals surface area contributed by atoms with Gasteiger partial charge in [-0.25, -0.2) is 9.37 Å². The Morgan fingerprint density at radius 2 is 1.86 bits per heavy atom. The molecule has 0 atom stereocenters. The Labute approximate surface area is 262 Å². The molecule has 6 aromatic rings. The molecule has 2 aromatic heterocycles. The lowest BCUT2D eigenvalue weighted by Gasteiger charge is -2.15. The number of aromatic nitrogens is 2. The van der Waals surface area contributed by atoms with E-state index >= 15 is 0 Å². The van der Waals surface area contributed by atoms with Crippen LogP contribution in [0.15, 0.2) is 104 Å². The molecule has 0 aliphatic carbocycles. The van der Waals surface area contributed by atoms with Gasteiger partial charge in [0, 0.05) is 21.1 Å². The van der Waals surface area contributed by atoms with E-state index in [1.807, 2.05) is 24.3 Å². The van der Waals surface area contributed by atoms with Crippen molar-refractivity contribution in [3.63, 3.8) is 0 Å². The number of ether oxygens (including phenoxy) is 2. The summed E-state index contributed by atoms with van der Waals surface area (Å²) in [5, 5.41) is 8.44. The van der Waals surface area contributed by atoms with Crippen molar-refractivity contribution in [3.8, 4) is 23.1 Å². The van der Waals surface area contributed by atoms with Gasteiger partial charge in [0.05, 0.1) is 24.2 Å². The van der Waals surface area contributed by atoms with Crippen LogP contribution in [0.4, 0.5) is 10.1 Å². The number of hydrogen-bond donors (Lipinski definition) is 1. The maximum absolute atomic E-state index is 13.6. The first-order chi connectivity index (χ1) is 21.3. The van der Waals surface area contributed by atoms with Crippen LogP contribution in [0.3, 0.4) is 0 Å². The van der Waals surface area contributed by atoms with Crippen LogP contribution in [-0.2, 0) is 4.79 Å². The van der Waals surface area contributed by atoms with Gasteiger partial charge in [0.25, 0.3) is 11.5 Å². The standard InChI is InChI=1S/C32H21BrClFN4O5/c1-42-25-15-19(28(33)29(34)30(25)43-17-27(40)37-21-12-10-20(35)11-13-21)16-36-39-31(26-14-18-6-2-5-9-24(18)44-26)38-23-8-4-3-7-22(23)32(39)41/h2-16H,17H2,1H3,(H,37,40). The highest BCUT2D eigenvalue weighted by molar-refractivity contribution is 9.10. The minimum Gasteiger partial charge on any atom is -0.493 e. The topological polar surface area (TPSA) is 108 Å². The zero-order valence-electron chi connectivity index (χ0n) is 22.9. The smallest absolute Gasteiger partial charge is 0.282 e. The summed E-state index contributed by atoms with van der Waals surface area (Å²) in [4.78, 5) is 30.7. The van der Waals surface area contributed by atoms with E-state index in [9.17, 15) is 14.0 Å². The van der Waals surface area contributed by atoms with E-state index in [1.54, 1.807) is 36.4 Å². The molecule has 44 heavy (non-hydrogen) atoms. The van der Waals surface area contributed by atoms with Crippen LogP contribution in [0.1, 0.15) is 5.56 Å². The molecule has 0 aliphatic rings. The summed E-state index contributed by atoms with van der Waals surface area (Å²) < 4.78 is 31.9. The Kier molecular flexibility index (Phi) is 8.14. The number of halogens is 3. The summed E-state index contributed by atoms with van der Waals surface area (Å²) >= 11 is 10.1. The van der Waals surface area contributed by atoms with Crippen molar-refractivity contribution in [1.29, 1.82) is 0 Å². The van der Waals surface area contributed by atoms with Crippen LogP contribution in [0.2, 0.25) is 5.02 Å². The van der Waals surface area contributed by atoms with E-state index in [1.165, 1.54) is 37.6 Å². The summed E-state index contributed by atoms with van der Waals surface area (Å²) in [5.74, 6) is -0.00351. The van der Waals surface area contributed by atoms with E-state index in [2.05, 4.69) is 26.3 Å². The third-order valence-corrected chi connectivity index (χ3v) is 8.01. The number of amides is 1. The third kappa shape index (κ3) is 5.79. The number of furan rings is 1. The zero-order valence-corrected chi connectivity index (χ0v) is 25.2. The second-order valence-corrected chi connectivity index (χ2v) is 10.6. The lowest BCUT2D eigenvalue weighted by Crippen LogP contribution is -2.20. The zero-order chi connectivity index (χ0) is 30.8. The molecule has 0 bridgehead atoms. The van der Waals surface area contributed by atoms with E-state index in [0.717, 1.165) is 10.1 Å². The van der Waals surface area contributed by atoms with Crippen molar-refractivity contribution in [2.75, 3.05) is 19.0 Å². The van der Waals surface area contributed by atoms with Crippen molar-refractivity contribution < 1.29 is 23.1 Å². The maximum Gasteiger partial charge on any atom is 0.282 e. The first-order valence-electron chi connectivity index (χ1n) is 13.1. The molecule has 220 valence electrons. The Morgan fingerprint density at radius 3 is 2.64 bits per heavy atom. The SMILES string of the molecule is COc1cc(C=Nn2c(-c3cc4ccccc4o3)nc3ccccc3c2=O)c(Br)c(Cl)c1OCC(=O)Nc1ccc(F)cc1. The normalized spacial score (nSPS) is 11.4. The molecule has 1 N–H and O–H groups in total. The van der Waals surface area contributed by atoms with E-state index in [0.29, 0.717) is 38.0 Å². The van der Waals surface area contributed by atoms with Crippen LogP contribution in [0.5, 0.6) is 11.5 Å². The summed E-state index contributed by atoms with van der Waals surface area (Å²) in [6.45, 7) is -0.396. The van der Waals surface area contributed by atoms with Gasteiger partial charge >= 0.3 is 0 Å². The van der Waals surface area contributed by atoms with Gasteiger partial charge in [-0.1, -0.05) is 41.9 Å². The second kappa shape index (κ2) is 12.3. The molecule has 0 saturated heterocycles. The number of hydrogen-bond acceptors (Lipinski definition) is 7. The minimum absolute atomic E-state index is 0.111. The molecular weight excluding hydrogens is 655 g/mol. The Morgan fingerprint density at radius 1 is 1.11 bits per heavy atom. The lowest BCUT2D eigenvalue weighted by molar-refractivity contribution is -0.118. The van der Waals surface area contributed by atoms with Gasteiger partial charge in [0.2, 0.25) is 5.82 Å². The van der Waals surface area contributed by atoms with Gasteiger partial charge in [-0.15, -0.1) is 0 Å². The molecular formula is C32H21BrClFN4O5. The number of anilines is 1. The monoisotopic (exact) mass is 674 g/mol. The molecule has 0 unspecified atom stereocenters. The number of carbonyl (C=O) groups is 1. The average molecular weight is 676 g/mol. The molecule has 12 heteroatoms. The fraction of sp³-hybridized carbons (Fsp3) is 0.0625. The maximum atomic E-state index is 13.6. The van der Waals surface area contributed by atoms with Gasteiger partial charge in [-0.05, 0) is 70.5 Å². The third-order valence-electron chi connectivity index (χ3n) is 6.56. The van der Waals surface area contributed by atoms with Crippen molar-refractivity contribution in [3.05, 3.63) is 116 Å². The summed E-state index contributed by atoms with van der Waals surface area (Å²) in [6.07, 6.45) is 1.42. The number of carbonyl (C=O) groups excluding carboxylic acids is 1. The van der Waals surface area contributed by atoms with Crippen LogP contribution < -0.4 is 20.3 Å². The number of nitrogens with one attached hydrogen (secondary N) is 1. The highest BCUT2D eigenvalue weighted by Gasteiger charge is 2.20. The average Bonchev–Trinajstić information content (AvgIpc) is 3.47. The van der Waals surface area contributed by atoms with Gasteiger partial charge in [-0.3, -0.25) is 9.59 Å². The first-order valence-corrected chi connectivity index (χ1v) is 14.3. The molecule has 0 radical (unpaired) electrons. The molecule has 4 aromatic carbocycles. The summed E-state index contributed by atoms with van der Waals surface area (Å²) in [6, 6.07) is 23.2. The number of rotatable bonds is 8. The van der Waals surface area contributed by atoms with E-state index in [4.69, 9.17) is 30.5 Å². The predicted molar refractivity (Wildman–Crippen MR) is 170 cm³/mol. The quantitative estimate of drug-likeness (QED) is 0.170. The Balaban J connectivity index is 1.34. The Hall–Kier alpha value is -5.00. The second-order valence-electron chi connectivity index (χ2n) is 9.43. The lowest BCUT2D eigenvalue weighted by atomic mass is 10.2. The first kappa shape index (κ1) is 29.1. The number of nitrogens with zero attached hydrogens (tertiary/aromatic N) is 3. The van der Waals surface area contributed by atoms with Crippen molar-refractivity contribution >= 4 is 67.2 Å². The van der Waals surface area contributed by atoms with Crippen LogP contribution in [-0.4, -0.2) is 35.5 Å². The molecule has 2 heterocycles. The number of benzene rings is 4. The van der Waals surface area contributed by atoms with Gasteiger partial charge in [-0.2, -0.15) is 9.78 Å². The molecule has 0 fully saturated rings. The summed E-state index contributed by atoms with van der Waals surface area (Å²) in [5.41, 5.74) is 1.59. The predicted octanol–water partition coefficient (Wildman–Crippen LogP) is 7.27. The molecule has 0 aliphatic heterocycles. The summed E-state index contributed by atoms with van der Waals surface area (Å²) in [7, 11) is 1.42. The van der Waals surface area contributed by atoms with Crippen LogP contribution in [0.25, 0.3) is 33.5 Å². The number of para-hydroxylation sites is 2. The molecule has 0 saturated carbocycles. The molecule has 0 spiro atoms. The van der Waals surface area contributed by atoms with E-state index in [-0.39, 0.29) is 22.3 Å². The number of fused-ring (bicyclic) bond motifs is 2. The largest absolute Gasteiger partial charge is 0.493 e. The van der Waals surface area contributed by atoms with Crippen molar-refractivity contribution in [2.45, 2.75) is 0 Å². The highest BCUT2D eigenvalue weighted by atomic mass is 79.9. The van der Waals surface area contributed by atoms with E-state index < -0.39 is 23.9 Å². The molecule has 9 nitrogen and oxygen atoms in total. The minimum atomic E-state index is -0.488. The number of methoxy groups -OCH3 is 1.